The number of nitrogens with one attached hydrogen (secondary N) is 1. The number of ketones is 1. The molecule has 1 saturated heterocycles. The standard InChI is InChI=1S/C33H38N4O4/c1-26(38)21-35-19-11-18-30(34-29-16-9-4-10-17-29)20-31(39)36(22-27-12-5-2-6-13-27)25-33(41)37(24-32(35)40)23-28-14-7-3-8-15-28/h2-10,12-17,30,34H,11,18-25H2,1H3/t30-/m0/s1. The maximum absolute atomic E-state index is 13.8. The molecular weight excluding hydrogens is 516 g/mol. The predicted molar refractivity (Wildman–Crippen MR) is 159 cm³/mol. The van der Waals surface area contributed by atoms with Gasteiger partial charge in [0.1, 0.15) is 18.9 Å². The fraction of sp³-hybridized carbons (Fsp3) is 0.333. The summed E-state index contributed by atoms with van der Waals surface area (Å²) in [6.07, 6.45) is 1.40. The van der Waals surface area contributed by atoms with Gasteiger partial charge in [0.25, 0.3) is 0 Å². The molecule has 1 heterocycles. The predicted octanol–water partition coefficient (Wildman–Crippen LogP) is 4.13. The van der Waals surface area contributed by atoms with E-state index in [1.807, 2.05) is 91.0 Å². The van der Waals surface area contributed by atoms with Crippen LogP contribution < -0.4 is 5.32 Å². The van der Waals surface area contributed by atoms with Crippen LogP contribution >= 0.6 is 0 Å². The molecule has 0 aliphatic carbocycles. The quantitative estimate of drug-likeness (QED) is 0.452. The number of nitrogens with zero attached hydrogens (tertiary/aromatic N) is 3. The van der Waals surface area contributed by atoms with Crippen molar-refractivity contribution in [2.24, 2.45) is 0 Å². The first kappa shape index (κ1) is 29.5. The van der Waals surface area contributed by atoms with Crippen molar-refractivity contribution in [1.29, 1.82) is 0 Å². The number of carbonyl (C=O) groups is 4. The van der Waals surface area contributed by atoms with Crippen molar-refractivity contribution in [2.45, 2.75) is 45.3 Å². The molecule has 8 nitrogen and oxygen atoms in total. The molecule has 41 heavy (non-hydrogen) atoms. The first-order chi connectivity index (χ1) is 19.9. The molecule has 1 aliphatic rings. The van der Waals surface area contributed by atoms with Crippen LogP contribution in [0.25, 0.3) is 0 Å². The summed E-state index contributed by atoms with van der Waals surface area (Å²) in [6.45, 7) is 2.00. The molecule has 1 fully saturated rings. The zero-order chi connectivity index (χ0) is 29.0. The minimum atomic E-state index is -0.318. The van der Waals surface area contributed by atoms with E-state index >= 15 is 0 Å². The summed E-state index contributed by atoms with van der Waals surface area (Å²) < 4.78 is 0. The highest BCUT2D eigenvalue weighted by molar-refractivity contribution is 5.90. The molecule has 0 bridgehead atoms. The number of para-hydroxylation sites is 1. The second-order valence-electron chi connectivity index (χ2n) is 10.5. The van der Waals surface area contributed by atoms with Crippen LogP contribution in [0.2, 0.25) is 0 Å². The Balaban J connectivity index is 1.64. The molecule has 1 aliphatic heterocycles. The van der Waals surface area contributed by atoms with Crippen LogP contribution in [-0.4, -0.2) is 70.4 Å². The first-order valence-electron chi connectivity index (χ1n) is 14.1. The molecule has 0 radical (unpaired) electrons. The largest absolute Gasteiger partial charge is 0.382 e. The summed E-state index contributed by atoms with van der Waals surface area (Å²) in [5.74, 6) is -0.855. The van der Waals surface area contributed by atoms with E-state index in [-0.39, 0.29) is 68.7 Å². The van der Waals surface area contributed by atoms with Gasteiger partial charge in [0.15, 0.2) is 0 Å². The van der Waals surface area contributed by atoms with Gasteiger partial charge in [-0.2, -0.15) is 0 Å². The molecule has 0 spiro atoms. The average molecular weight is 555 g/mol. The third-order valence-electron chi connectivity index (χ3n) is 7.10. The first-order valence-corrected chi connectivity index (χ1v) is 14.1. The number of hydrogen-bond acceptors (Lipinski definition) is 5. The molecule has 4 rings (SSSR count). The van der Waals surface area contributed by atoms with Crippen LogP contribution in [-0.2, 0) is 32.3 Å². The van der Waals surface area contributed by atoms with E-state index < -0.39 is 0 Å². The topological polar surface area (TPSA) is 90.0 Å². The van der Waals surface area contributed by atoms with Crippen molar-refractivity contribution in [2.75, 3.05) is 31.5 Å². The van der Waals surface area contributed by atoms with Gasteiger partial charge in [-0.1, -0.05) is 78.9 Å². The van der Waals surface area contributed by atoms with Crippen LogP contribution in [0.1, 0.15) is 37.3 Å². The highest BCUT2D eigenvalue weighted by Gasteiger charge is 2.28. The van der Waals surface area contributed by atoms with Crippen LogP contribution in [0.3, 0.4) is 0 Å². The molecule has 0 aromatic heterocycles. The highest BCUT2D eigenvalue weighted by Crippen LogP contribution is 2.17. The van der Waals surface area contributed by atoms with E-state index in [1.54, 1.807) is 4.90 Å². The number of hydrogen-bond donors (Lipinski definition) is 1. The lowest BCUT2D eigenvalue weighted by Gasteiger charge is -2.29. The Bertz CT molecular complexity index is 1300. The van der Waals surface area contributed by atoms with E-state index in [0.717, 1.165) is 16.8 Å². The fourth-order valence-corrected chi connectivity index (χ4v) is 5.02. The van der Waals surface area contributed by atoms with Gasteiger partial charge in [-0.15, -0.1) is 0 Å². The molecule has 3 amide bonds. The van der Waals surface area contributed by atoms with Gasteiger partial charge in [0, 0.05) is 37.8 Å². The molecule has 0 unspecified atom stereocenters. The van der Waals surface area contributed by atoms with Gasteiger partial charge in [-0.25, -0.2) is 0 Å². The van der Waals surface area contributed by atoms with Gasteiger partial charge in [-0.3, -0.25) is 19.2 Å². The lowest BCUT2D eigenvalue weighted by Crippen LogP contribution is -2.47. The Morgan fingerprint density at radius 2 is 1.20 bits per heavy atom. The molecule has 3 aromatic rings. The second kappa shape index (κ2) is 14.8. The molecule has 214 valence electrons. The van der Waals surface area contributed by atoms with Crippen LogP contribution in [0.15, 0.2) is 91.0 Å². The van der Waals surface area contributed by atoms with Gasteiger partial charge in [-0.05, 0) is 43.0 Å². The van der Waals surface area contributed by atoms with Crippen molar-refractivity contribution >= 4 is 29.2 Å². The zero-order valence-electron chi connectivity index (χ0n) is 23.6. The SMILES string of the molecule is CC(=O)CN1CCC[C@H](Nc2ccccc2)CC(=O)N(Cc2ccccc2)CC(=O)N(Cc2ccccc2)CC1=O. The second-order valence-corrected chi connectivity index (χ2v) is 10.5. The molecule has 8 heteroatoms. The Morgan fingerprint density at radius 3 is 1.73 bits per heavy atom. The number of amides is 3. The van der Waals surface area contributed by atoms with Crippen molar-refractivity contribution in [1.82, 2.24) is 14.7 Å². The Labute approximate surface area is 241 Å². The maximum atomic E-state index is 13.8. The van der Waals surface area contributed by atoms with Gasteiger partial charge in [0.05, 0.1) is 6.54 Å². The van der Waals surface area contributed by atoms with Crippen LogP contribution in [0.4, 0.5) is 5.69 Å². The molecular formula is C33H38N4O4. The zero-order valence-corrected chi connectivity index (χ0v) is 23.6. The summed E-state index contributed by atoms with van der Waals surface area (Å²) in [5.41, 5.74) is 2.69. The number of anilines is 1. The lowest BCUT2D eigenvalue weighted by atomic mass is 10.1. The van der Waals surface area contributed by atoms with E-state index in [1.165, 1.54) is 16.7 Å². The number of benzene rings is 3. The minimum absolute atomic E-state index is 0.0119. The minimum Gasteiger partial charge on any atom is -0.382 e. The number of carbonyl (C=O) groups excluding carboxylic acids is 4. The van der Waals surface area contributed by atoms with Crippen molar-refractivity contribution in [3.63, 3.8) is 0 Å². The van der Waals surface area contributed by atoms with Gasteiger partial charge in [0.2, 0.25) is 17.7 Å². The molecule has 0 saturated carbocycles. The van der Waals surface area contributed by atoms with E-state index in [0.29, 0.717) is 19.4 Å². The molecule has 1 N–H and O–H groups in total. The Kier molecular flexibility index (Phi) is 10.7. The monoisotopic (exact) mass is 554 g/mol. The van der Waals surface area contributed by atoms with Crippen LogP contribution in [0, 0.1) is 0 Å². The van der Waals surface area contributed by atoms with Crippen molar-refractivity contribution in [3.05, 3.63) is 102 Å². The van der Waals surface area contributed by atoms with Gasteiger partial charge >= 0.3 is 0 Å². The fourth-order valence-electron chi connectivity index (χ4n) is 5.02. The summed E-state index contributed by atoms with van der Waals surface area (Å²) >= 11 is 0. The van der Waals surface area contributed by atoms with E-state index in [2.05, 4.69) is 5.32 Å². The van der Waals surface area contributed by atoms with E-state index in [4.69, 9.17) is 0 Å². The smallest absolute Gasteiger partial charge is 0.242 e. The third kappa shape index (κ3) is 9.31. The van der Waals surface area contributed by atoms with E-state index in [9.17, 15) is 19.2 Å². The number of rotatable bonds is 8. The van der Waals surface area contributed by atoms with Crippen LogP contribution in [0.5, 0.6) is 0 Å². The Morgan fingerprint density at radius 1 is 0.707 bits per heavy atom. The summed E-state index contributed by atoms with van der Waals surface area (Å²) in [5, 5.41) is 3.47. The Hall–Kier alpha value is -4.46. The highest BCUT2D eigenvalue weighted by atomic mass is 16.2. The number of Topliss-reactive ketones (excluding diaryl/α,β-unsaturated/α-hetero) is 1. The maximum Gasteiger partial charge on any atom is 0.242 e. The third-order valence-corrected chi connectivity index (χ3v) is 7.10. The summed E-state index contributed by atoms with van der Waals surface area (Å²) in [6, 6.07) is 28.5. The molecule has 1 atom stereocenters. The van der Waals surface area contributed by atoms with Crippen molar-refractivity contribution < 1.29 is 19.2 Å². The summed E-state index contributed by atoms with van der Waals surface area (Å²) in [4.78, 5) is 57.8. The summed E-state index contributed by atoms with van der Waals surface area (Å²) in [7, 11) is 0. The average Bonchev–Trinajstić information content (AvgIpc) is 2.97. The van der Waals surface area contributed by atoms with Crippen molar-refractivity contribution in [3.8, 4) is 0 Å². The normalized spacial score (nSPS) is 17.4. The molecule has 3 aromatic carbocycles. The van der Waals surface area contributed by atoms with Gasteiger partial charge < -0.3 is 20.0 Å². The lowest BCUT2D eigenvalue weighted by molar-refractivity contribution is -0.145.